The minimum Gasteiger partial charge on any atom is -0.399 e. The molecule has 0 heterocycles. The Morgan fingerprint density at radius 1 is 0.533 bits per heavy atom. The molecule has 0 spiro atoms. The molecule has 6 nitrogen and oxygen atoms in total. The van der Waals surface area contributed by atoms with E-state index in [0.717, 1.165) is 10.8 Å². The van der Waals surface area contributed by atoms with Gasteiger partial charge in [-0.15, -0.1) is 0 Å². The molecular weight excluding hydrogens is 376 g/mol. The fraction of sp³-hybridized carbons (Fsp3) is 0. The van der Waals surface area contributed by atoms with Crippen molar-refractivity contribution in [2.75, 3.05) is 22.1 Å². The maximum atomic E-state index is 12.5. The molecule has 0 atom stereocenters. The molecule has 0 saturated heterocycles. The van der Waals surface area contributed by atoms with Crippen LogP contribution in [0, 0.1) is 0 Å². The Morgan fingerprint density at radius 2 is 0.900 bits per heavy atom. The molecule has 148 valence electrons. The molecule has 0 unspecified atom stereocenters. The average molecular weight is 396 g/mol. The van der Waals surface area contributed by atoms with E-state index < -0.39 is 0 Å². The van der Waals surface area contributed by atoms with Crippen molar-refractivity contribution in [1.29, 1.82) is 0 Å². The van der Waals surface area contributed by atoms with Gasteiger partial charge in [-0.1, -0.05) is 12.1 Å². The molecule has 0 aliphatic heterocycles. The monoisotopic (exact) mass is 396 g/mol. The van der Waals surface area contributed by atoms with E-state index in [1.54, 1.807) is 72.8 Å². The van der Waals surface area contributed by atoms with E-state index in [-0.39, 0.29) is 11.8 Å². The summed E-state index contributed by atoms with van der Waals surface area (Å²) < 4.78 is 0. The number of nitrogens with one attached hydrogen (secondary N) is 2. The number of carbonyl (C=O) groups is 2. The molecule has 0 radical (unpaired) electrons. The van der Waals surface area contributed by atoms with Crippen LogP contribution in [0.4, 0.5) is 22.7 Å². The second kappa shape index (κ2) is 7.97. The lowest BCUT2D eigenvalue weighted by Gasteiger charge is -2.09. The lowest BCUT2D eigenvalue weighted by molar-refractivity contribution is 0.101. The summed E-state index contributed by atoms with van der Waals surface area (Å²) in [5, 5.41) is 7.42. The fourth-order valence-corrected chi connectivity index (χ4v) is 3.07. The van der Waals surface area contributed by atoms with Crippen LogP contribution < -0.4 is 22.1 Å². The highest BCUT2D eigenvalue weighted by Gasteiger charge is 2.10. The van der Waals surface area contributed by atoms with Gasteiger partial charge in [-0.05, 0) is 83.6 Å². The van der Waals surface area contributed by atoms with E-state index in [9.17, 15) is 9.59 Å². The van der Waals surface area contributed by atoms with Crippen LogP contribution in [0.1, 0.15) is 20.7 Å². The van der Waals surface area contributed by atoms with Crippen molar-refractivity contribution in [1.82, 2.24) is 0 Å². The largest absolute Gasteiger partial charge is 0.399 e. The van der Waals surface area contributed by atoms with Crippen molar-refractivity contribution in [3.05, 3.63) is 96.1 Å². The Hall–Kier alpha value is -4.32. The molecular formula is C24H20N4O2. The number of benzene rings is 4. The number of carbonyl (C=O) groups excluding carboxylic acids is 2. The van der Waals surface area contributed by atoms with Gasteiger partial charge in [0, 0.05) is 33.9 Å². The first-order valence-electron chi connectivity index (χ1n) is 9.35. The van der Waals surface area contributed by atoms with Gasteiger partial charge in [-0.25, -0.2) is 0 Å². The zero-order chi connectivity index (χ0) is 21.1. The lowest BCUT2D eigenvalue weighted by Crippen LogP contribution is -2.12. The van der Waals surface area contributed by atoms with Gasteiger partial charge in [0.05, 0.1) is 0 Å². The predicted octanol–water partition coefficient (Wildman–Crippen LogP) is 4.51. The standard InChI is InChI=1S/C24H20N4O2/c25-19-5-9-21(10-6-19)27-23(29)17-3-1-15-13-18(4-2-16(15)14-17)24(30)28-22-11-7-20(26)8-12-22/h1-14H,25-26H2,(H,27,29)(H,28,30). The first-order valence-corrected chi connectivity index (χ1v) is 9.35. The molecule has 6 heteroatoms. The van der Waals surface area contributed by atoms with Gasteiger partial charge in [-0.2, -0.15) is 0 Å². The van der Waals surface area contributed by atoms with Crippen LogP contribution in [0.5, 0.6) is 0 Å². The lowest BCUT2D eigenvalue weighted by atomic mass is 10.0. The van der Waals surface area contributed by atoms with Crippen molar-refractivity contribution in [3.8, 4) is 0 Å². The van der Waals surface area contributed by atoms with Crippen molar-refractivity contribution in [2.24, 2.45) is 0 Å². The van der Waals surface area contributed by atoms with Crippen LogP contribution in [0.15, 0.2) is 84.9 Å². The number of hydrogen-bond acceptors (Lipinski definition) is 4. The normalized spacial score (nSPS) is 10.5. The molecule has 4 aromatic rings. The molecule has 2 amide bonds. The first kappa shape index (κ1) is 19.0. The third-order valence-corrected chi connectivity index (χ3v) is 4.70. The van der Waals surface area contributed by atoms with Gasteiger partial charge in [0.2, 0.25) is 0 Å². The zero-order valence-corrected chi connectivity index (χ0v) is 16.1. The highest BCUT2D eigenvalue weighted by molar-refractivity contribution is 6.09. The maximum Gasteiger partial charge on any atom is 0.255 e. The summed E-state index contributed by atoms with van der Waals surface area (Å²) in [4.78, 5) is 25.1. The molecule has 6 N–H and O–H groups in total. The molecule has 0 saturated carbocycles. The summed E-state index contributed by atoms with van der Waals surface area (Å²) >= 11 is 0. The van der Waals surface area contributed by atoms with E-state index in [2.05, 4.69) is 10.6 Å². The van der Waals surface area contributed by atoms with Gasteiger partial charge < -0.3 is 22.1 Å². The number of nitrogens with two attached hydrogens (primary N) is 2. The molecule has 30 heavy (non-hydrogen) atoms. The minimum atomic E-state index is -0.216. The van der Waals surface area contributed by atoms with E-state index in [4.69, 9.17) is 11.5 Å². The topological polar surface area (TPSA) is 110 Å². The summed E-state index contributed by atoms with van der Waals surface area (Å²) in [5.74, 6) is -0.432. The van der Waals surface area contributed by atoms with Gasteiger partial charge >= 0.3 is 0 Å². The van der Waals surface area contributed by atoms with Crippen molar-refractivity contribution in [2.45, 2.75) is 0 Å². The molecule has 4 rings (SSSR count). The second-order valence-electron chi connectivity index (χ2n) is 6.93. The van der Waals surface area contributed by atoms with Crippen LogP contribution in [0.3, 0.4) is 0 Å². The Morgan fingerprint density at radius 3 is 1.27 bits per heavy atom. The van der Waals surface area contributed by atoms with Crippen LogP contribution >= 0.6 is 0 Å². The molecule has 0 aliphatic rings. The minimum absolute atomic E-state index is 0.216. The number of amides is 2. The molecule has 0 fully saturated rings. The van der Waals surface area contributed by atoms with Crippen LogP contribution in [-0.2, 0) is 0 Å². The number of anilines is 4. The van der Waals surface area contributed by atoms with Crippen molar-refractivity contribution >= 4 is 45.3 Å². The van der Waals surface area contributed by atoms with Crippen molar-refractivity contribution < 1.29 is 9.59 Å². The Bertz CT molecular complexity index is 1130. The molecule has 0 bridgehead atoms. The van der Waals surface area contributed by atoms with Gasteiger partial charge in [0.15, 0.2) is 0 Å². The van der Waals surface area contributed by atoms with E-state index in [1.807, 2.05) is 12.1 Å². The highest BCUT2D eigenvalue weighted by atomic mass is 16.2. The fourth-order valence-electron chi connectivity index (χ4n) is 3.07. The van der Waals surface area contributed by atoms with Gasteiger partial charge in [-0.3, -0.25) is 9.59 Å². The third kappa shape index (κ3) is 4.23. The SMILES string of the molecule is Nc1ccc(NC(=O)c2ccc3cc(C(=O)Nc4ccc(N)cc4)ccc3c2)cc1. The average Bonchev–Trinajstić information content (AvgIpc) is 2.76. The van der Waals surface area contributed by atoms with Crippen LogP contribution in [0.25, 0.3) is 10.8 Å². The Balaban J connectivity index is 1.51. The van der Waals surface area contributed by atoms with Crippen molar-refractivity contribution in [3.63, 3.8) is 0 Å². The molecule has 0 aromatic heterocycles. The summed E-state index contributed by atoms with van der Waals surface area (Å²) in [6.45, 7) is 0. The quantitative estimate of drug-likeness (QED) is 0.380. The molecule has 0 aliphatic carbocycles. The summed E-state index contributed by atoms with van der Waals surface area (Å²) in [5.41, 5.74) is 15.0. The Kier molecular flexibility index (Phi) is 5.05. The summed E-state index contributed by atoms with van der Waals surface area (Å²) in [6.07, 6.45) is 0. The zero-order valence-electron chi connectivity index (χ0n) is 16.1. The summed E-state index contributed by atoms with van der Waals surface area (Å²) in [6, 6.07) is 24.6. The first-order chi connectivity index (χ1) is 14.5. The second-order valence-corrected chi connectivity index (χ2v) is 6.93. The van der Waals surface area contributed by atoms with E-state index >= 15 is 0 Å². The molecule has 4 aromatic carbocycles. The Labute approximate surface area is 173 Å². The van der Waals surface area contributed by atoms with Crippen LogP contribution in [-0.4, -0.2) is 11.8 Å². The number of rotatable bonds is 4. The predicted molar refractivity (Wildman–Crippen MR) is 122 cm³/mol. The van der Waals surface area contributed by atoms with Gasteiger partial charge in [0.25, 0.3) is 11.8 Å². The van der Waals surface area contributed by atoms with Crippen LogP contribution in [0.2, 0.25) is 0 Å². The third-order valence-electron chi connectivity index (χ3n) is 4.70. The number of nitrogen functional groups attached to an aromatic ring is 2. The van der Waals surface area contributed by atoms with E-state index in [1.165, 1.54) is 0 Å². The highest BCUT2D eigenvalue weighted by Crippen LogP contribution is 2.21. The maximum absolute atomic E-state index is 12.5. The number of hydrogen-bond donors (Lipinski definition) is 4. The number of fused-ring (bicyclic) bond motifs is 1. The summed E-state index contributed by atoms with van der Waals surface area (Å²) in [7, 11) is 0. The van der Waals surface area contributed by atoms with E-state index in [0.29, 0.717) is 33.9 Å². The smallest absolute Gasteiger partial charge is 0.255 e. The van der Waals surface area contributed by atoms with Gasteiger partial charge in [0.1, 0.15) is 0 Å².